The van der Waals surface area contributed by atoms with Crippen LogP contribution < -0.4 is 40.0 Å². The predicted molar refractivity (Wildman–Crippen MR) is 149 cm³/mol. The number of sulfonamides is 1. The molecule has 0 saturated heterocycles. The second-order valence-electron chi connectivity index (χ2n) is 10.6. The van der Waals surface area contributed by atoms with E-state index in [1.165, 1.54) is 38.4 Å². The third-order valence-electron chi connectivity index (χ3n) is 7.08. The van der Waals surface area contributed by atoms with E-state index in [9.17, 15) is 37.7 Å². The molecule has 1 aliphatic carbocycles. The molecule has 0 aliphatic heterocycles. The molecular weight excluding hydrogens is 590 g/mol. The third-order valence-corrected chi connectivity index (χ3v) is 8.91. The fraction of sp³-hybridized carbons (Fsp3) is 0.414. The van der Waals surface area contributed by atoms with Crippen molar-refractivity contribution in [2.45, 2.75) is 68.2 Å². The average molecular weight is 625 g/mol. The van der Waals surface area contributed by atoms with Crippen molar-refractivity contribution in [3.05, 3.63) is 71.3 Å². The Bertz CT molecular complexity index is 1530. The molecule has 226 valence electrons. The van der Waals surface area contributed by atoms with Crippen LogP contribution in [0.5, 0.6) is 0 Å². The summed E-state index contributed by atoms with van der Waals surface area (Å²) in [7, 11) is -0.690. The van der Waals surface area contributed by atoms with Gasteiger partial charge in [-0.1, -0.05) is 12.1 Å². The van der Waals surface area contributed by atoms with Crippen LogP contribution in [0.1, 0.15) is 59.8 Å². The van der Waals surface area contributed by atoms with Gasteiger partial charge >= 0.3 is 29.6 Å². The van der Waals surface area contributed by atoms with E-state index in [4.69, 9.17) is 0 Å². The van der Waals surface area contributed by atoms with Crippen LogP contribution in [0.15, 0.2) is 53.4 Å². The Hall–Kier alpha value is -2.65. The Labute approximate surface area is 272 Å². The van der Waals surface area contributed by atoms with Crippen molar-refractivity contribution in [1.29, 1.82) is 0 Å². The molecule has 4 rings (SSSR count). The molecule has 1 saturated carbocycles. The number of carboxylic acids is 1. The van der Waals surface area contributed by atoms with E-state index in [1.54, 1.807) is 24.3 Å². The standard InChI is InChI=1S/C29H35FN4O7S.Na/c1-33(2)42(40,41)24-11-3-18(4-12-24)17-31-29(39)26-27(19-5-6-19)34(14-13-22(35)15-23(36)16-25(37)38)28(32-26)20-7-9-21(30)10-8-20;/h3-4,7-12,19,22-23,35-36H,5-6,13-17H2,1-2H3,(H,31,39)(H,37,38);/q;+1/p-1/t22-,23-;/m1./s1. The molecule has 14 heteroatoms. The van der Waals surface area contributed by atoms with E-state index >= 15 is 0 Å². The molecule has 1 aliphatic rings. The van der Waals surface area contributed by atoms with Crippen molar-refractivity contribution < 1.29 is 67.3 Å². The van der Waals surface area contributed by atoms with Gasteiger partial charge in [0.15, 0.2) is 0 Å². The van der Waals surface area contributed by atoms with E-state index in [-0.39, 0.29) is 72.0 Å². The molecule has 43 heavy (non-hydrogen) atoms. The number of carboxylic acid groups (broad SMARTS) is 1. The van der Waals surface area contributed by atoms with Gasteiger partial charge in [-0.05, 0) is 67.6 Å². The van der Waals surface area contributed by atoms with Gasteiger partial charge in [0.2, 0.25) is 10.0 Å². The van der Waals surface area contributed by atoms with E-state index in [0.717, 1.165) is 17.1 Å². The normalized spacial score (nSPS) is 14.7. The van der Waals surface area contributed by atoms with Gasteiger partial charge in [0.25, 0.3) is 5.91 Å². The van der Waals surface area contributed by atoms with Crippen LogP contribution in [0.4, 0.5) is 4.39 Å². The number of aliphatic hydroxyl groups is 2. The minimum absolute atomic E-state index is 0. The predicted octanol–water partition coefficient (Wildman–Crippen LogP) is -1.61. The summed E-state index contributed by atoms with van der Waals surface area (Å²) in [5.41, 5.74) is 2.14. The van der Waals surface area contributed by atoms with Gasteiger partial charge in [0.05, 0.1) is 22.8 Å². The van der Waals surface area contributed by atoms with Gasteiger partial charge in [-0.2, -0.15) is 0 Å². The van der Waals surface area contributed by atoms with Gasteiger partial charge in [-0.15, -0.1) is 0 Å². The van der Waals surface area contributed by atoms with Crippen molar-refractivity contribution in [1.82, 2.24) is 19.2 Å². The van der Waals surface area contributed by atoms with Gasteiger partial charge in [-0.3, -0.25) is 4.79 Å². The summed E-state index contributed by atoms with van der Waals surface area (Å²) in [5.74, 6) is -1.80. The summed E-state index contributed by atoms with van der Waals surface area (Å²) < 4.78 is 41.3. The number of hydrogen-bond donors (Lipinski definition) is 3. The van der Waals surface area contributed by atoms with Gasteiger partial charge in [0, 0.05) is 51.1 Å². The average Bonchev–Trinajstić information content (AvgIpc) is 3.70. The molecule has 1 aromatic heterocycles. The number of nitrogens with one attached hydrogen (secondary N) is 1. The molecule has 11 nitrogen and oxygen atoms in total. The number of imidazole rings is 1. The third kappa shape index (κ3) is 8.94. The first kappa shape index (κ1) is 34.8. The topological polar surface area (TPSA) is 165 Å². The number of hydrogen-bond acceptors (Lipinski definition) is 8. The number of amides is 1. The van der Waals surface area contributed by atoms with Gasteiger partial charge in [-0.25, -0.2) is 22.1 Å². The zero-order valence-electron chi connectivity index (χ0n) is 24.4. The molecule has 1 amide bonds. The monoisotopic (exact) mass is 624 g/mol. The Kier molecular flexibility index (Phi) is 12.1. The van der Waals surface area contributed by atoms with Crippen LogP contribution in [-0.2, 0) is 27.9 Å². The van der Waals surface area contributed by atoms with Crippen LogP contribution in [0.3, 0.4) is 0 Å². The number of nitrogens with zero attached hydrogens (tertiary/aromatic N) is 3. The largest absolute Gasteiger partial charge is 1.00 e. The molecule has 2 atom stereocenters. The second kappa shape index (κ2) is 14.9. The molecule has 0 spiro atoms. The molecule has 0 bridgehead atoms. The van der Waals surface area contributed by atoms with Crippen molar-refractivity contribution in [3.8, 4) is 11.4 Å². The van der Waals surface area contributed by atoms with Crippen LogP contribution in [0.25, 0.3) is 11.4 Å². The summed E-state index contributed by atoms with van der Waals surface area (Å²) in [6, 6.07) is 11.9. The Morgan fingerprint density at radius 2 is 1.72 bits per heavy atom. The molecule has 3 aromatic rings. The van der Waals surface area contributed by atoms with Crippen LogP contribution in [-0.4, -0.2) is 70.7 Å². The fourth-order valence-corrected chi connectivity index (χ4v) is 5.59. The molecule has 3 N–H and O–H groups in total. The van der Waals surface area contributed by atoms with Gasteiger partial charge < -0.3 is 30.0 Å². The fourth-order valence-electron chi connectivity index (χ4n) is 4.69. The van der Waals surface area contributed by atoms with Crippen LogP contribution in [0.2, 0.25) is 0 Å². The number of aliphatic carboxylic acids is 1. The molecule has 1 heterocycles. The van der Waals surface area contributed by atoms with Crippen molar-refractivity contribution in [2.24, 2.45) is 0 Å². The number of carbonyl (C=O) groups excluding carboxylic acids is 2. The first-order chi connectivity index (χ1) is 19.9. The van der Waals surface area contributed by atoms with E-state index in [2.05, 4.69) is 10.3 Å². The quantitative estimate of drug-likeness (QED) is 0.180. The van der Waals surface area contributed by atoms with Crippen molar-refractivity contribution >= 4 is 21.9 Å². The number of aromatic nitrogens is 2. The van der Waals surface area contributed by atoms with E-state index in [0.29, 0.717) is 22.6 Å². The Morgan fingerprint density at radius 1 is 1.09 bits per heavy atom. The Balaban J connectivity index is 0.00000506. The number of benzene rings is 2. The van der Waals surface area contributed by atoms with E-state index < -0.39 is 46.3 Å². The van der Waals surface area contributed by atoms with Crippen LogP contribution >= 0.6 is 0 Å². The maximum Gasteiger partial charge on any atom is 1.00 e. The first-order valence-corrected chi connectivity index (χ1v) is 15.0. The maximum absolute atomic E-state index is 13.7. The maximum atomic E-state index is 13.7. The molecule has 1 fully saturated rings. The van der Waals surface area contributed by atoms with Gasteiger partial charge in [0.1, 0.15) is 17.3 Å². The molecule has 0 unspecified atom stereocenters. The zero-order chi connectivity index (χ0) is 30.6. The molecule has 0 radical (unpaired) electrons. The SMILES string of the molecule is CN(C)S(=O)(=O)c1ccc(CNC(=O)c2nc(-c3ccc(F)cc3)n(CC[C@@H](O)C[C@@H](O)CC(=O)[O-])c2C2CC2)cc1.[Na+]. The summed E-state index contributed by atoms with van der Waals surface area (Å²) in [6.45, 7) is 0.346. The summed E-state index contributed by atoms with van der Waals surface area (Å²) in [4.78, 5) is 29.0. The zero-order valence-corrected chi connectivity index (χ0v) is 27.2. The van der Waals surface area contributed by atoms with Crippen molar-refractivity contribution in [2.75, 3.05) is 14.1 Å². The Morgan fingerprint density at radius 3 is 2.28 bits per heavy atom. The number of carbonyl (C=O) groups is 2. The van der Waals surface area contributed by atoms with Crippen molar-refractivity contribution in [3.63, 3.8) is 0 Å². The smallest absolute Gasteiger partial charge is 0.550 e. The van der Waals surface area contributed by atoms with Crippen LogP contribution in [0, 0.1) is 5.82 Å². The number of rotatable bonds is 14. The first-order valence-electron chi connectivity index (χ1n) is 13.6. The summed E-state index contributed by atoms with van der Waals surface area (Å²) in [5, 5.41) is 34.0. The minimum atomic E-state index is -3.58. The summed E-state index contributed by atoms with van der Waals surface area (Å²) in [6.07, 6.45) is -1.20. The minimum Gasteiger partial charge on any atom is -0.550 e. The second-order valence-corrected chi connectivity index (χ2v) is 12.8. The van der Waals surface area contributed by atoms with E-state index in [1.807, 2.05) is 4.57 Å². The molecule has 2 aromatic carbocycles. The molecular formula is C29H34FN4NaO7S. The number of halogens is 1. The number of aliphatic hydroxyl groups excluding tert-OH is 2. The summed E-state index contributed by atoms with van der Waals surface area (Å²) >= 11 is 0.